The van der Waals surface area contributed by atoms with E-state index in [1.54, 1.807) is 42.5 Å². The number of rotatable bonds is 3. The van der Waals surface area contributed by atoms with Crippen molar-refractivity contribution in [1.29, 1.82) is 0 Å². The SMILES string of the molecule is Cc1ccc(N2C[C@H](C(=O)NNC(=O)c3ccccc3)CC2=O)cc1Cl. The van der Waals surface area contributed by atoms with E-state index in [9.17, 15) is 14.4 Å². The van der Waals surface area contributed by atoms with Crippen molar-refractivity contribution in [3.8, 4) is 0 Å². The number of halogens is 1. The molecule has 1 saturated heterocycles. The van der Waals surface area contributed by atoms with Crippen LogP contribution in [0.4, 0.5) is 5.69 Å². The zero-order valence-corrected chi connectivity index (χ0v) is 14.9. The van der Waals surface area contributed by atoms with Gasteiger partial charge in [0.2, 0.25) is 11.8 Å². The number of nitrogens with zero attached hydrogens (tertiary/aromatic N) is 1. The highest BCUT2D eigenvalue weighted by molar-refractivity contribution is 6.31. The molecule has 3 rings (SSSR count). The molecule has 6 nitrogen and oxygen atoms in total. The summed E-state index contributed by atoms with van der Waals surface area (Å²) in [6, 6.07) is 13.9. The van der Waals surface area contributed by atoms with Gasteiger partial charge in [0.25, 0.3) is 5.91 Å². The number of carbonyl (C=O) groups excluding carboxylic acids is 3. The molecule has 3 amide bonds. The summed E-state index contributed by atoms with van der Waals surface area (Å²) in [5.41, 5.74) is 6.78. The van der Waals surface area contributed by atoms with Gasteiger partial charge in [0, 0.05) is 29.2 Å². The maximum atomic E-state index is 12.3. The molecule has 1 heterocycles. The lowest BCUT2D eigenvalue weighted by atomic mass is 10.1. The van der Waals surface area contributed by atoms with E-state index in [1.807, 2.05) is 13.0 Å². The molecule has 26 heavy (non-hydrogen) atoms. The summed E-state index contributed by atoms with van der Waals surface area (Å²) in [5, 5.41) is 0.568. The van der Waals surface area contributed by atoms with Gasteiger partial charge in [-0.25, -0.2) is 0 Å². The molecule has 2 N–H and O–H groups in total. The molecule has 0 radical (unpaired) electrons. The van der Waals surface area contributed by atoms with E-state index in [4.69, 9.17) is 11.6 Å². The Bertz CT molecular complexity index is 854. The quantitative estimate of drug-likeness (QED) is 0.813. The predicted molar refractivity (Wildman–Crippen MR) is 98.7 cm³/mol. The van der Waals surface area contributed by atoms with E-state index >= 15 is 0 Å². The lowest BCUT2D eigenvalue weighted by molar-refractivity contribution is -0.126. The first-order chi connectivity index (χ1) is 12.5. The molecule has 7 heteroatoms. The van der Waals surface area contributed by atoms with Crippen LogP contribution in [0, 0.1) is 12.8 Å². The van der Waals surface area contributed by atoms with Crippen molar-refractivity contribution in [2.24, 2.45) is 5.92 Å². The number of hydrazine groups is 1. The summed E-state index contributed by atoms with van der Waals surface area (Å²) in [6.45, 7) is 2.12. The minimum Gasteiger partial charge on any atom is -0.312 e. The zero-order valence-electron chi connectivity index (χ0n) is 14.2. The van der Waals surface area contributed by atoms with Crippen molar-refractivity contribution in [1.82, 2.24) is 10.9 Å². The average molecular weight is 372 g/mol. The molecule has 1 aliphatic heterocycles. The van der Waals surface area contributed by atoms with Gasteiger partial charge < -0.3 is 4.90 Å². The number of nitrogens with one attached hydrogen (secondary N) is 2. The molecule has 0 unspecified atom stereocenters. The topological polar surface area (TPSA) is 78.5 Å². The fourth-order valence-corrected chi connectivity index (χ4v) is 2.94. The van der Waals surface area contributed by atoms with Crippen LogP contribution in [0.5, 0.6) is 0 Å². The lowest BCUT2D eigenvalue weighted by Crippen LogP contribution is -2.45. The van der Waals surface area contributed by atoms with Crippen LogP contribution >= 0.6 is 11.6 Å². The highest BCUT2D eigenvalue weighted by Crippen LogP contribution is 2.28. The van der Waals surface area contributed by atoms with Crippen LogP contribution in [-0.4, -0.2) is 24.3 Å². The second-order valence-corrected chi connectivity index (χ2v) is 6.56. The average Bonchev–Trinajstić information content (AvgIpc) is 3.04. The van der Waals surface area contributed by atoms with E-state index in [-0.39, 0.29) is 18.9 Å². The summed E-state index contributed by atoms with van der Waals surface area (Å²) in [4.78, 5) is 38.1. The number of amides is 3. The van der Waals surface area contributed by atoms with Crippen molar-refractivity contribution in [2.45, 2.75) is 13.3 Å². The highest BCUT2D eigenvalue weighted by atomic mass is 35.5. The summed E-state index contributed by atoms with van der Waals surface area (Å²) in [5.74, 6) is -1.51. The smallest absolute Gasteiger partial charge is 0.269 e. The van der Waals surface area contributed by atoms with Crippen LogP contribution in [0.3, 0.4) is 0 Å². The van der Waals surface area contributed by atoms with Crippen LogP contribution in [0.25, 0.3) is 0 Å². The van der Waals surface area contributed by atoms with Gasteiger partial charge in [0.15, 0.2) is 0 Å². The van der Waals surface area contributed by atoms with Crippen molar-refractivity contribution in [3.63, 3.8) is 0 Å². The van der Waals surface area contributed by atoms with Crippen LogP contribution < -0.4 is 15.8 Å². The van der Waals surface area contributed by atoms with Gasteiger partial charge in [0.05, 0.1) is 5.92 Å². The van der Waals surface area contributed by atoms with Gasteiger partial charge >= 0.3 is 0 Å². The number of anilines is 1. The minimum absolute atomic E-state index is 0.0819. The summed E-state index contributed by atoms with van der Waals surface area (Å²) >= 11 is 6.12. The fraction of sp³-hybridized carbons (Fsp3) is 0.211. The number of benzene rings is 2. The Morgan fingerprint density at radius 3 is 2.54 bits per heavy atom. The minimum atomic E-state index is -0.543. The van der Waals surface area contributed by atoms with Gasteiger partial charge in [-0.15, -0.1) is 0 Å². The first-order valence-electron chi connectivity index (χ1n) is 8.17. The van der Waals surface area contributed by atoms with E-state index in [2.05, 4.69) is 10.9 Å². The standard InChI is InChI=1S/C19H18ClN3O3/c1-12-7-8-15(10-16(12)20)23-11-14(9-17(23)24)19(26)22-21-18(25)13-5-3-2-4-6-13/h2-8,10,14H,9,11H2,1H3,(H,21,25)(H,22,26)/t14-/m1/s1. The van der Waals surface area contributed by atoms with Crippen molar-refractivity contribution in [2.75, 3.05) is 11.4 Å². The number of hydrogen-bond donors (Lipinski definition) is 2. The van der Waals surface area contributed by atoms with Crippen molar-refractivity contribution >= 4 is 35.0 Å². The van der Waals surface area contributed by atoms with Crippen molar-refractivity contribution < 1.29 is 14.4 Å². The third kappa shape index (κ3) is 3.86. The predicted octanol–water partition coefficient (Wildman–Crippen LogP) is 2.46. The molecule has 0 spiro atoms. The second kappa shape index (κ2) is 7.58. The molecular formula is C19H18ClN3O3. The largest absolute Gasteiger partial charge is 0.312 e. The first-order valence-corrected chi connectivity index (χ1v) is 8.55. The Morgan fingerprint density at radius 2 is 1.85 bits per heavy atom. The van der Waals surface area contributed by atoms with E-state index < -0.39 is 17.7 Å². The molecule has 1 fully saturated rings. The van der Waals surface area contributed by atoms with Crippen LogP contribution in [0.15, 0.2) is 48.5 Å². The maximum absolute atomic E-state index is 12.3. The third-order valence-electron chi connectivity index (χ3n) is 4.30. The number of carbonyl (C=O) groups is 3. The molecule has 2 aromatic rings. The Kier molecular flexibility index (Phi) is 5.23. The summed E-state index contributed by atoms with van der Waals surface area (Å²) < 4.78 is 0. The van der Waals surface area contributed by atoms with Gasteiger partial charge in [-0.2, -0.15) is 0 Å². The van der Waals surface area contributed by atoms with E-state index in [1.165, 1.54) is 4.90 Å². The molecule has 0 saturated carbocycles. The molecule has 0 aliphatic carbocycles. The van der Waals surface area contributed by atoms with Gasteiger partial charge in [-0.3, -0.25) is 25.2 Å². The lowest BCUT2D eigenvalue weighted by Gasteiger charge is -2.17. The van der Waals surface area contributed by atoms with Crippen molar-refractivity contribution in [3.05, 3.63) is 64.7 Å². The zero-order chi connectivity index (χ0) is 18.7. The molecule has 2 aromatic carbocycles. The van der Waals surface area contributed by atoms with E-state index in [0.29, 0.717) is 16.3 Å². The summed E-state index contributed by atoms with van der Waals surface area (Å²) in [7, 11) is 0. The monoisotopic (exact) mass is 371 g/mol. The molecular weight excluding hydrogens is 354 g/mol. The van der Waals surface area contributed by atoms with Crippen LogP contribution in [0.1, 0.15) is 22.3 Å². The fourth-order valence-electron chi connectivity index (χ4n) is 2.76. The molecule has 0 bridgehead atoms. The second-order valence-electron chi connectivity index (χ2n) is 6.15. The Hall–Kier alpha value is -2.86. The van der Waals surface area contributed by atoms with Gasteiger partial charge in [-0.05, 0) is 36.8 Å². The first kappa shape index (κ1) is 17.9. The number of aryl methyl sites for hydroxylation is 1. The van der Waals surface area contributed by atoms with Crippen LogP contribution in [0.2, 0.25) is 5.02 Å². The van der Waals surface area contributed by atoms with Gasteiger partial charge in [-0.1, -0.05) is 35.9 Å². The number of hydrogen-bond acceptors (Lipinski definition) is 3. The highest BCUT2D eigenvalue weighted by Gasteiger charge is 2.35. The Labute approximate surface area is 156 Å². The van der Waals surface area contributed by atoms with Crippen LogP contribution in [-0.2, 0) is 9.59 Å². The molecule has 134 valence electrons. The summed E-state index contributed by atoms with van der Waals surface area (Å²) in [6.07, 6.45) is 0.0819. The van der Waals surface area contributed by atoms with E-state index in [0.717, 1.165) is 5.56 Å². The van der Waals surface area contributed by atoms with Gasteiger partial charge in [0.1, 0.15) is 0 Å². The Balaban J connectivity index is 1.60. The normalized spacial score (nSPS) is 16.5. The maximum Gasteiger partial charge on any atom is 0.269 e. The molecule has 1 atom stereocenters. The molecule has 1 aliphatic rings. The third-order valence-corrected chi connectivity index (χ3v) is 4.71. The molecule has 0 aromatic heterocycles. The Morgan fingerprint density at radius 1 is 1.12 bits per heavy atom.